The number of anilines is 2. The summed E-state index contributed by atoms with van der Waals surface area (Å²) in [5.74, 6) is 0.522. The molecule has 2 N–H and O–H groups in total. The molecule has 0 amide bonds. The molecule has 0 spiro atoms. The second-order valence-corrected chi connectivity index (χ2v) is 8.87. The van der Waals surface area contributed by atoms with Crippen molar-refractivity contribution in [3.8, 4) is 0 Å². The van der Waals surface area contributed by atoms with Crippen LogP contribution in [-0.4, -0.2) is 35.1 Å². The van der Waals surface area contributed by atoms with E-state index in [0.29, 0.717) is 37.0 Å². The van der Waals surface area contributed by atoms with Crippen LogP contribution in [0.4, 0.5) is 26.1 Å². The van der Waals surface area contributed by atoms with Gasteiger partial charge in [-0.1, -0.05) is 13.0 Å². The third kappa shape index (κ3) is 4.13. The highest BCUT2D eigenvalue weighted by molar-refractivity contribution is 6.07. The number of halogens is 2. The number of aromatic nitrogens is 2. The van der Waals surface area contributed by atoms with E-state index >= 15 is 0 Å². The summed E-state index contributed by atoms with van der Waals surface area (Å²) in [4.78, 5) is 13.7. The number of fused-ring (bicyclic) bond motifs is 1. The lowest BCUT2D eigenvalue weighted by atomic mass is 9.84. The lowest BCUT2D eigenvalue weighted by Gasteiger charge is -2.27. The van der Waals surface area contributed by atoms with Gasteiger partial charge in [0.25, 0.3) is 0 Å². The summed E-state index contributed by atoms with van der Waals surface area (Å²) in [5, 5.41) is 6.71. The Morgan fingerprint density at radius 2 is 1.90 bits per heavy atom. The number of nitrogens with zero attached hydrogens (tertiary/aromatic N) is 3. The van der Waals surface area contributed by atoms with Crippen molar-refractivity contribution in [2.45, 2.75) is 51.0 Å². The van der Waals surface area contributed by atoms with E-state index in [9.17, 15) is 8.78 Å². The molecule has 2 aliphatic heterocycles. The molecule has 1 unspecified atom stereocenters. The number of ether oxygens (including phenoxy) is 1. The van der Waals surface area contributed by atoms with Crippen molar-refractivity contribution >= 4 is 23.2 Å². The minimum atomic E-state index is -0.681. The fourth-order valence-corrected chi connectivity index (χ4v) is 4.97. The Morgan fingerprint density at radius 1 is 1.13 bits per heavy atom. The van der Waals surface area contributed by atoms with Crippen molar-refractivity contribution in [3.05, 3.63) is 41.7 Å². The van der Waals surface area contributed by atoms with Gasteiger partial charge in [0.05, 0.1) is 23.5 Å². The highest BCUT2D eigenvalue weighted by Gasteiger charge is 2.38. The van der Waals surface area contributed by atoms with Crippen molar-refractivity contribution in [3.63, 3.8) is 0 Å². The van der Waals surface area contributed by atoms with E-state index in [1.807, 2.05) is 0 Å². The molecule has 6 nitrogen and oxygen atoms in total. The topological polar surface area (TPSA) is 71.4 Å². The molecule has 0 bridgehead atoms. The third-order valence-electron chi connectivity index (χ3n) is 6.61. The van der Waals surface area contributed by atoms with Crippen LogP contribution in [0, 0.1) is 23.5 Å². The fourth-order valence-electron chi connectivity index (χ4n) is 4.97. The van der Waals surface area contributed by atoms with E-state index in [-0.39, 0.29) is 17.5 Å². The van der Waals surface area contributed by atoms with Gasteiger partial charge in [-0.2, -0.15) is 0 Å². The zero-order chi connectivity index (χ0) is 21.4. The smallest absolute Gasteiger partial charge is 0.223 e. The Labute approximate surface area is 180 Å². The molecule has 1 aliphatic carbocycles. The third-order valence-corrected chi connectivity index (χ3v) is 6.61. The average molecular weight is 427 g/mol. The second-order valence-electron chi connectivity index (χ2n) is 8.87. The summed E-state index contributed by atoms with van der Waals surface area (Å²) in [6, 6.07) is 4.16. The van der Waals surface area contributed by atoms with E-state index in [2.05, 4.69) is 27.5 Å². The van der Waals surface area contributed by atoms with Gasteiger partial charge >= 0.3 is 0 Å². The number of aliphatic imine (C=N–C) groups is 1. The van der Waals surface area contributed by atoms with E-state index < -0.39 is 11.6 Å². The van der Waals surface area contributed by atoms with Gasteiger partial charge in [0.2, 0.25) is 5.95 Å². The lowest BCUT2D eigenvalue weighted by molar-refractivity contribution is 0.0639. The predicted octanol–water partition coefficient (Wildman–Crippen LogP) is 5.02. The van der Waals surface area contributed by atoms with Crippen molar-refractivity contribution in [1.29, 1.82) is 0 Å². The molecule has 1 aromatic heterocycles. The van der Waals surface area contributed by atoms with Crippen molar-refractivity contribution in [1.82, 2.24) is 9.97 Å². The number of benzene rings is 1. The van der Waals surface area contributed by atoms with E-state index in [4.69, 9.17) is 9.72 Å². The van der Waals surface area contributed by atoms with Crippen LogP contribution in [0.3, 0.4) is 0 Å². The van der Waals surface area contributed by atoms with Gasteiger partial charge in [-0.25, -0.2) is 23.7 Å². The zero-order valence-electron chi connectivity index (χ0n) is 17.6. The highest BCUT2D eigenvalue weighted by atomic mass is 19.1. The lowest BCUT2D eigenvalue weighted by Crippen LogP contribution is -2.27. The monoisotopic (exact) mass is 427 g/mol. The molecule has 1 saturated heterocycles. The molecule has 8 heteroatoms. The first kappa shape index (κ1) is 20.3. The maximum atomic E-state index is 14.3. The predicted molar refractivity (Wildman–Crippen MR) is 116 cm³/mol. The van der Waals surface area contributed by atoms with Gasteiger partial charge in [0.15, 0.2) is 11.6 Å². The highest BCUT2D eigenvalue weighted by Crippen LogP contribution is 2.42. The Bertz CT molecular complexity index is 972. The Kier molecular flexibility index (Phi) is 5.56. The zero-order valence-corrected chi connectivity index (χ0v) is 17.6. The minimum absolute atomic E-state index is 0.177. The number of para-hydroxylation sites is 1. The number of hydrogen-bond donors (Lipinski definition) is 2. The largest absolute Gasteiger partial charge is 0.381 e. The number of hydrogen-bond acceptors (Lipinski definition) is 5. The maximum Gasteiger partial charge on any atom is 0.223 e. The summed E-state index contributed by atoms with van der Waals surface area (Å²) in [6.07, 6.45) is 6.87. The Hall–Kier alpha value is -2.61. The molecule has 3 atom stereocenters. The SMILES string of the molecule is C[C@@H]1CC[C@H](Nc2ncc3c(n2)C(C2CCOCC2)C(=Nc2c(F)cccc2F)N3)C1. The molecule has 0 radical (unpaired) electrons. The van der Waals surface area contributed by atoms with E-state index in [1.165, 1.54) is 24.6 Å². The number of amidine groups is 1. The number of nitrogens with one attached hydrogen (secondary N) is 2. The first-order valence-corrected chi connectivity index (χ1v) is 11.1. The summed E-state index contributed by atoms with van der Waals surface area (Å²) in [7, 11) is 0. The van der Waals surface area contributed by atoms with Crippen molar-refractivity contribution in [2.24, 2.45) is 16.8 Å². The molecule has 5 rings (SSSR count). The molecular formula is C23H27F2N5O. The molecule has 1 saturated carbocycles. The summed E-state index contributed by atoms with van der Waals surface area (Å²) >= 11 is 0. The van der Waals surface area contributed by atoms with Gasteiger partial charge in [-0.15, -0.1) is 0 Å². The first-order chi connectivity index (χ1) is 15.1. The maximum absolute atomic E-state index is 14.3. The van der Waals surface area contributed by atoms with Gasteiger partial charge in [-0.05, 0) is 56.1 Å². The van der Waals surface area contributed by atoms with Crippen LogP contribution in [0.1, 0.15) is 50.6 Å². The van der Waals surface area contributed by atoms with Crippen LogP contribution in [0.15, 0.2) is 29.4 Å². The first-order valence-electron chi connectivity index (χ1n) is 11.1. The van der Waals surface area contributed by atoms with Crippen LogP contribution in [0.25, 0.3) is 0 Å². The summed E-state index contributed by atoms with van der Waals surface area (Å²) in [6.45, 7) is 3.59. The van der Waals surface area contributed by atoms with Gasteiger partial charge < -0.3 is 15.4 Å². The standard InChI is InChI=1S/C23H27F2N5O/c1-13-5-6-15(11-13)27-23-26-12-18-21(30-23)19(14-7-9-31-10-8-14)22(28-18)29-20-16(24)3-2-4-17(20)25/h2-4,12-15,19H,5-11H2,1H3,(H,28,29)(H,26,27,30)/t13-,15+,19?/m1/s1. The Balaban J connectivity index is 1.49. The quantitative estimate of drug-likeness (QED) is 0.717. The van der Waals surface area contributed by atoms with Crippen LogP contribution in [-0.2, 0) is 4.74 Å². The molecule has 2 fully saturated rings. The van der Waals surface area contributed by atoms with Gasteiger partial charge in [-0.3, -0.25) is 0 Å². The molecule has 164 valence electrons. The normalized spacial score (nSPS) is 27.3. The van der Waals surface area contributed by atoms with Gasteiger partial charge in [0, 0.05) is 19.3 Å². The molecule has 3 heterocycles. The van der Waals surface area contributed by atoms with Crippen molar-refractivity contribution in [2.75, 3.05) is 23.8 Å². The molecule has 2 aromatic rings. The van der Waals surface area contributed by atoms with E-state index in [0.717, 1.165) is 37.1 Å². The number of rotatable bonds is 4. The van der Waals surface area contributed by atoms with Crippen molar-refractivity contribution < 1.29 is 13.5 Å². The van der Waals surface area contributed by atoms with E-state index in [1.54, 1.807) is 6.20 Å². The van der Waals surface area contributed by atoms with Gasteiger partial charge in [0.1, 0.15) is 11.5 Å². The molecule has 31 heavy (non-hydrogen) atoms. The van der Waals surface area contributed by atoms with Crippen LogP contribution >= 0.6 is 0 Å². The molecule has 1 aromatic carbocycles. The summed E-state index contributed by atoms with van der Waals surface area (Å²) in [5.41, 5.74) is 1.31. The fraction of sp³-hybridized carbons (Fsp3) is 0.522. The van der Waals surface area contributed by atoms with Crippen LogP contribution < -0.4 is 10.6 Å². The average Bonchev–Trinajstić information content (AvgIpc) is 3.34. The molecule has 3 aliphatic rings. The summed E-state index contributed by atoms with van der Waals surface area (Å²) < 4.78 is 34.1. The minimum Gasteiger partial charge on any atom is -0.381 e. The second kappa shape index (κ2) is 8.49. The van der Waals surface area contributed by atoms with Crippen LogP contribution in [0.2, 0.25) is 0 Å². The van der Waals surface area contributed by atoms with Crippen LogP contribution in [0.5, 0.6) is 0 Å². The Morgan fingerprint density at radius 3 is 2.61 bits per heavy atom. The molecular weight excluding hydrogens is 400 g/mol.